The average molecular weight is 587 g/mol. The van der Waals surface area contributed by atoms with Crippen LogP contribution in [0, 0.1) is 0 Å². The maximum Gasteiger partial charge on any atom is 0.325 e. The minimum Gasteiger partial charge on any atom is -0.480 e. The smallest absolute Gasteiger partial charge is 0.325 e. The summed E-state index contributed by atoms with van der Waals surface area (Å²) in [6.45, 7) is 10.9. The number of carbonyl (C=O) groups excluding carboxylic acids is 7. The summed E-state index contributed by atoms with van der Waals surface area (Å²) in [6.07, 6.45) is 0. The maximum absolute atomic E-state index is 12.5. The number of hydrogen-bond acceptors (Lipinski definition) is 9. The van der Waals surface area contributed by atoms with E-state index in [0.717, 1.165) is 0 Å². The van der Waals surface area contributed by atoms with Gasteiger partial charge in [-0.25, -0.2) is 0 Å². The van der Waals surface area contributed by atoms with E-state index < -0.39 is 95.7 Å². The molecule has 0 aliphatic rings. The molecule has 0 radical (unpaired) electrons. The van der Waals surface area contributed by atoms with Crippen molar-refractivity contribution in [2.24, 2.45) is 5.73 Å². The molecule has 17 heteroatoms. The van der Waals surface area contributed by atoms with Gasteiger partial charge in [0, 0.05) is 0 Å². The van der Waals surface area contributed by atoms with Crippen molar-refractivity contribution in [2.75, 3.05) is 0 Å². The number of carboxylic acids is 1. The Bertz CT molecular complexity index is 1020. The summed E-state index contributed by atoms with van der Waals surface area (Å²) in [5, 5.41) is 25.3. The second-order valence-corrected chi connectivity index (χ2v) is 9.74. The van der Waals surface area contributed by atoms with E-state index in [0.29, 0.717) is 0 Å². The molecule has 0 fully saturated rings. The van der Waals surface area contributed by atoms with Crippen LogP contribution in [0.15, 0.2) is 0 Å². The van der Waals surface area contributed by atoms with Crippen LogP contribution in [0.25, 0.3) is 0 Å². The van der Waals surface area contributed by atoms with Crippen LogP contribution in [0.1, 0.15) is 55.4 Å². The van der Waals surface area contributed by atoms with Gasteiger partial charge in [-0.2, -0.15) is 0 Å². The molecule has 0 heterocycles. The Labute approximate surface area is 237 Å². The van der Waals surface area contributed by atoms with Gasteiger partial charge in [-0.05, 0) is 55.4 Å². The van der Waals surface area contributed by atoms with Gasteiger partial charge < -0.3 is 48.1 Å². The second kappa shape index (κ2) is 16.7. The predicted octanol–water partition coefficient (Wildman–Crippen LogP) is -4.05. The fourth-order valence-electron chi connectivity index (χ4n) is 2.83. The lowest BCUT2D eigenvalue weighted by Crippen LogP contribution is -2.58. The van der Waals surface area contributed by atoms with Gasteiger partial charge in [0.25, 0.3) is 0 Å². The van der Waals surface area contributed by atoms with Crippen molar-refractivity contribution in [2.45, 2.75) is 104 Å². The SMILES string of the molecule is CC(N)C(=O)NC(C)C(=O)NC(C)C(=O)NC(C)C(=O)NC(C)C(=O)NC(C)C(=O)NC(C)C(=O)NC(C)C(=O)O. The summed E-state index contributed by atoms with van der Waals surface area (Å²) in [4.78, 5) is 96.4. The molecule has 0 aromatic carbocycles. The molecule has 0 aliphatic heterocycles. The highest BCUT2D eigenvalue weighted by Crippen LogP contribution is 1.95. The lowest BCUT2D eigenvalue weighted by atomic mass is 10.2. The second-order valence-electron chi connectivity index (χ2n) is 9.74. The lowest BCUT2D eigenvalue weighted by Gasteiger charge is -2.23. The van der Waals surface area contributed by atoms with E-state index in [9.17, 15) is 38.4 Å². The topological polar surface area (TPSA) is 267 Å². The highest BCUT2D eigenvalue weighted by Gasteiger charge is 2.28. The number of hydrogen-bond donors (Lipinski definition) is 9. The molecule has 7 amide bonds. The number of aliphatic carboxylic acids is 1. The zero-order valence-corrected chi connectivity index (χ0v) is 24.4. The van der Waals surface area contributed by atoms with E-state index in [4.69, 9.17) is 10.8 Å². The zero-order chi connectivity index (χ0) is 32.2. The molecule has 0 aliphatic carbocycles. The molecular weight excluding hydrogens is 544 g/mol. The molecule has 0 aromatic rings. The van der Waals surface area contributed by atoms with Crippen LogP contribution in [0.2, 0.25) is 0 Å². The number of nitrogens with one attached hydrogen (secondary N) is 7. The molecule has 0 aromatic heterocycles. The molecule has 17 nitrogen and oxygen atoms in total. The van der Waals surface area contributed by atoms with Crippen molar-refractivity contribution < 1.29 is 43.5 Å². The van der Waals surface area contributed by atoms with Crippen molar-refractivity contribution in [3.63, 3.8) is 0 Å². The Hall–Kier alpha value is -4.28. The molecular formula is C24H42N8O9. The summed E-state index contributed by atoms with van der Waals surface area (Å²) in [6, 6.07) is -8.46. The van der Waals surface area contributed by atoms with Crippen molar-refractivity contribution in [1.29, 1.82) is 0 Å². The average Bonchev–Trinajstić information content (AvgIpc) is 2.87. The zero-order valence-electron chi connectivity index (χ0n) is 24.4. The van der Waals surface area contributed by atoms with Gasteiger partial charge in [0.05, 0.1) is 6.04 Å². The number of nitrogens with two attached hydrogens (primary N) is 1. The third-order valence-corrected chi connectivity index (χ3v) is 5.66. The molecule has 0 bridgehead atoms. The minimum atomic E-state index is -1.25. The van der Waals surface area contributed by atoms with Gasteiger partial charge in [0.15, 0.2) is 0 Å². The van der Waals surface area contributed by atoms with Crippen molar-refractivity contribution >= 4 is 47.3 Å². The largest absolute Gasteiger partial charge is 0.480 e. The number of amides is 7. The molecule has 232 valence electrons. The van der Waals surface area contributed by atoms with Crippen molar-refractivity contribution in [3.05, 3.63) is 0 Å². The van der Waals surface area contributed by atoms with Crippen LogP contribution in [0.4, 0.5) is 0 Å². The first-order chi connectivity index (χ1) is 18.8. The Kier molecular flexibility index (Phi) is 15.0. The van der Waals surface area contributed by atoms with Gasteiger partial charge in [0.2, 0.25) is 41.4 Å². The van der Waals surface area contributed by atoms with Crippen LogP contribution < -0.4 is 43.0 Å². The molecule has 0 spiro atoms. The lowest BCUT2D eigenvalue weighted by molar-refractivity contribution is -0.141. The fourth-order valence-corrected chi connectivity index (χ4v) is 2.83. The van der Waals surface area contributed by atoms with Gasteiger partial charge >= 0.3 is 5.97 Å². The standard InChI is InChI=1S/C24H42N8O9/c1-9(25)17(33)26-10(2)18(34)27-11(3)19(35)28-12(4)20(36)29-13(5)21(37)30-14(6)22(38)31-15(7)23(39)32-16(8)24(40)41/h9-16H,25H2,1-8H3,(H,26,33)(H,27,34)(H,28,35)(H,29,36)(H,30,37)(H,31,38)(H,32,39)(H,40,41). The molecule has 8 atom stereocenters. The monoisotopic (exact) mass is 586 g/mol. The number of carbonyl (C=O) groups is 8. The van der Waals surface area contributed by atoms with E-state index in [-0.39, 0.29) is 0 Å². The first-order valence-electron chi connectivity index (χ1n) is 12.9. The Morgan fingerprint density at radius 1 is 0.390 bits per heavy atom. The minimum absolute atomic E-state index is 0.548. The first kappa shape index (κ1) is 36.7. The Balaban J connectivity index is 4.77. The van der Waals surface area contributed by atoms with E-state index in [1.165, 1.54) is 55.4 Å². The summed E-state index contributed by atoms with van der Waals surface area (Å²) < 4.78 is 0. The normalized spacial score (nSPS) is 16.5. The van der Waals surface area contributed by atoms with Crippen molar-refractivity contribution in [3.8, 4) is 0 Å². The van der Waals surface area contributed by atoms with E-state index >= 15 is 0 Å². The van der Waals surface area contributed by atoms with Gasteiger partial charge in [-0.3, -0.25) is 38.4 Å². The van der Waals surface area contributed by atoms with Crippen LogP contribution >= 0.6 is 0 Å². The van der Waals surface area contributed by atoms with Gasteiger partial charge in [-0.15, -0.1) is 0 Å². The Morgan fingerprint density at radius 3 is 0.732 bits per heavy atom. The van der Waals surface area contributed by atoms with Gasteiger partial charge in [0.1, 0.15) is 42.3 Å². The molecule has 0 rings (SSSR count). The van der Waals surface area contributed by atoms with Crippen LogP contribution in [-0.2, 0) is 38.4 Å². The summed E-state index contributed by atoms with van der Waals surface area (Å²) in [7, 11) is 0. The van der Waals surface area contributed by atoms with E-state index in [2.05, 4.69) is 37.2 Å². The van der Waals surface area contributed by atoms with Crippen molar-refractivity contribution in [1.82, 2.24) is 37.2 Å². The summed E-state index contributed by atoms with van der Waals surface area (Å²) in [5.74, 6) is -6.08. The number of rotatable bonds is 15. The summed E-state index contributed by atoms with van der Waals surface area (Å²) >= 11 is 0. The highest BCUT2D eigenvalue weighted by atomic mass is 16.4. The first-order valence-corrected chi connectivity index (χ1v) is 12.9. The van der Waals surface area contributed by atoms with Gasteiger partial charge in [-0.1, -0.05) is 0 Å². The highest BCUT2D eigenvalue weighted by molar-refractivity contribution is 5.96. The summed E-state index contributed by atoms with van der Waals surface area (Å²) in [5.41, 5.74) is 5.44. The third kappa shape index (κ3) is 13.1. The number of carboxylic acid groups (broad SMARTS) is 1. The molecule has 8 unspecified atom stereocenters. The van der Waals surface area contributed by atoms with Crippen LogP contribution in [0.3, 0.4) is 0 Å². The molecule has 10 N–H and O–H groups in total. The quantitative estimate of drug-likeness (QED) is 0.0896. The fraction of sp³-hybridized carbons (Fsp3) is 0.667. The molecule has 0 saturated heterocycles. The Morgan fingerprint density at radius 2 is 0.561 bits per heavy atom. The maximum atomic E-state index is 12.5. The predicted molar refractivity (Wildman–Crippen MR) is 145 cm³/mol. The third-order valence-electron chi connectivity index (χ3n) is 5.66. The van der Waals surface area contributed by atoms with Crippen LogP contribution in [0.5, 0.6) is 0 Å². The van der Waals surface area contributed by atoms with E-state index in [1.807, 2.05) is 0 Å². The molecule has 41 heavy (non-hydrogen) atoms. The van der Waals surface area contributed by atoms with Crippen LogP contribution in [-0.4, -0.2) is 101 Å². The molecule has 0 saturated carbocycles. The van der Waals surface area contributed by atoms with E-state index in [1.54, 1.807) is 0 Å².